The van der Waals surface area contributed by atoms with E-state index >= 15 is 0 Å². The van der Waals surface area contributed by atoms with Gasteiger partial charge in [0.1, 0.15) is 0 Å². The average Bonchev–Trinajstić information content (AvgIpc) is 2.58. The predicted octanol–water partition coefficient (Wildman–Crippen LogP) is 5.41. The van der Waals surface area contributed by atoms with Crippen LogP contribution < -0.4 is 0 Å². The van der Waals surface area contributed by atoms with Gasteiger partial charge in [-0.05, 0) is 26.7 Å². The first kappa shape index (κ1) is 23.1. The lowest BCUT2D eigenvalue weighted by molar-refractivity contribution is -0.197. The molecule has 0 aliphatic rings. The van der Waals surface area contributed by atoms with Gasteiger partial charge in [-0.25, -0.2) is 4.79 Å². The third kappa shape index (κ3) is 12.5. The summed E-state index contributed by atoms with van der Waals surface area (Å²) in [7, 11) is 3.40. The van der Waals surface area contributed by atoms with Crippen LogP contribution in [0.25, 0.3) is 0 Å². The molecule has 0 bridgehead atoms. The van der Waals surface area contributed by atoms with Crippen LogP contribution in [0.5, 0.6) is 0 Å². The third-order valence-corrected chi connectivity index (χ3v) is 4.47. The highest BCUT2D eigenvalue weighted by Gasteiger charge is 2.21. The van der Waals surface area contributed by atoms with Crippen molar-refractivity contribution in [3.8, 4) is 0 Å². The number of carbonyl (C=O) groups is 1. The normalized spacial score (nSPS) is 11.5. The van der Waals surface area contributed by atoms with Gasteiger partial charge < -0.3 is 14.2 Å². The van der Waals surface area contributed by atoms with Gasteiger partial charge in [0.25, 0.3) is 0 Å². The molecule has 0 aromatic heterocycles. The van der Waals surface area contributed by atoms with Gasteiger partial charge in [0.15, 0.2) is 5.79 Å². The molecular formula is C20H38O4. The second-order valence-electron chi connectivity index (χ2n) is 6.74. The quantitative estimate of drug-likeness (QED) is 0.163. The van der Waals surface area contributed by atoms with Crippen LogP contribution in [-0.2, 0) is 19.0 Å². The summed E-state index contributed by atoms with van der Waals surface area (Å²) in [5.74, 6) is -0.690. The number of rotatable bonds is 16. The Balaban J connectivity index is 3.26. The maximum atomic E-state index is 11.2. The van der Waals surface area contributed by atoms with Gasteiger partial charge in [0.2, 0.25) is 0 Å². The maximum absolute atomic E-state index is 11.2. The van der Waals surface area contributed by atoms with Crippen molar-refractivity contribution in [1.82, 2.24) is 0 Å². The Bertz CT molecular complexity index is 335. The first-order valence-corrected chi connectivity index (χ1v) is 9.38. The Morgan fingerprint density at radius 2 is 1.25 bits per heavy atom. The standard InChI is InChI=1S/C20H38O4/c1-18(2)19(21)24-17-15-13-11-9-7-6-8-10-12-14-16-20(3,22-4)23-5/h1,6-17H2,2-5H3. The summed E-state index contributed by atoms with van der Waals surface area (Å²) in [6, 6.07) is 0. The molecule has 0 amide bonds. The van der Waals surface area contributed by atoms with Crippen molar-refractivity contribution < 1.29 is 19.0 Å². The van der Waals surface area contributed by atoms with Crippen molar-refractivity contribution in [1.29, 1.82) is 0 Å². The minimum atomic E-state index is -0.418. The van der Waals surface area contributed by atoms with Gasteiger partial charge in [-0.2, -0.15) is 0 Å². The number of carbonyl (C=O) groups excluding carboxylic acids is 1. The topological polar surface area (TPSA) is 44.8 Å². The molecule has 0 aliphatic heterocycles. The molecule has 0 heterocycles. The van der Waals surface area contributed by atoms with Gasteiger partial charge >= 0.3 is 5.97 Å². The summed E-state index contributed by atoms with van der Waals surface area (Å²) in [6.07, 6.45) is 13.2. The summed E-state index contributed by atoms with van der Waals surface area (Å²) < 4.78 is 15.8. The third-order valence-electron chi connectivity index (χ3n) is 4.47. The Hall–Kier alpha value is -0.870. The lowest BCUT2D eigenvalue weighted by Gasteiger charge is -2.26. The number of hydrogen-bond acceptors (Lipinski definition) is 4. The molecule has 0 radical (unpaired) electrons. The van der Waals surface area contributed by atoms with Crippen LogP contribution in [0.1, 0.15) is 84.5 Å². The molecule has 142 valence electrons. The number of unbranched alkanes of at least 4 members (excludes halogenated alkanes) is 9. The lowest BCUT2D eigenvalue weighted by Crippen LogP contribution is -2.29. The number of ether oxygens (including phenoxy) is 3. The van der Waals surface area contributed by atoms with Gasteiger partial charge in [-0.15, -0.1) is 0 Å². The highest BCUT2D eigenvalue weighted by molar-refractivity contribution is 5.86. The van der Waals surface area contributed by atoms with E-state index in [9.17, 15) is 4.79 Å². The molecule has 0 fully saturated rings. The Morgan fingerprint density at radius 1 is 0.833 bits per heavy atom. The van der Waals surface area contributed by atoms with Crippen LogP contribution in [0.2, 0.25) is 0 Å². The van der Waals surface area contributed by atoms with Crippen molar-refractivity contribution in [2.45, 2.75) is 90.3 Å². The predicted molar refractivity (Wildman–Crippen MR) is 99.0 cm³/mol. The number of esters is 1. The van der Waals surface area contributed by atoms with E-state index in [-0.39, 0.29) is 5.97 Å². The molecule has 0 saturated carbocycles. The first-order chi connectivity index (χ1) is 11.4. The molecular weight excluding hydrogens is 304 g/mol. The molecule has 0 saturated heterocycles. The molecule has 4 heteroatoms. The highest BCUT2D eigenvalue weighted by atomic mass is 16.7. The second-order valence-corrected chi connectivity index (χ2v) is 6.74. The van der Waals surface area contributed by atoms with Crippen LogP contribution in [0, 0.1) is 0 Å². The van der Waals surface area contributed by atoms with E-state index in [1.165, 1.54) is 44.9 Å². The zero-order valence-corrected chi connectivity index (χ0v) is 16.3. The summed E-state index contributed by atoms with van der Waals surface area (Å²) >= 11 is 0. The van der Waals surface area contributed by atoms with E-state index in [4.69, 9.17) is 14.2 Å². The second kappa shape index (κ2) is 14.5. The summed E-state index contributed by atoms with van der Waals surface area (Å²) in [5, 5.41) is 0. The average molecular weight is 343 g/mol. The number of methoxy groups -OCH3 is 2. The smallest absolute Gasteiger partial charge is 0.333 e. The van der Waals surface area contributed by atoms with Gasteiger partial charge in [0.05, 0.1) is 6.61 Å². The van der Waals surface area contributed by atoms with Gasteiger partial charge in [-0.1, -0.05) is 57.9 Å². The largest absolute Gasteiger partial charge is 0.462 e. The Kier molecular flexibility index (Phi) is 13.9. The van der Waals surface area contributed by atoms with Crippen molar-refractivity contribution >= 4 is 5.97 Å². The van der Waals surface area contributed by atoms with Crippen LogP contribution in [0.3, 0.4) is 0 Å². The highest BCUT2D eigenvalue weighted by Crippen LogP contribution is 2.20. The molecule has 0 unspecified atom stereocenters. The summed E-state index contributed by atoms with van der Waals surface area (Å²) in [5.41, 5.74) is 0.476. The van der Waals surface area contributed by atoms with Crippen molar-refractivity contribution in [3.05, 3.63) is 12.2 Å². The van der Waals surface area contributed by atoms with Crippen LogP contribution in [-0.4, -0.2) is 32.6 Å². The minimum absolute atomic E-state index is 0.272. The zero-order valence-electron chi connectivity index (χ0n) is 16.3. The van der Waals surface area contributed by atoms with E-state index < -0.39 is 5.79 Å². The molecule has 0 rings (SSSR count). The fourth-order valence-electron chi connectivity index (χ4n) is 2.54. The van der Waals surface area contributed by atoms with Crippen molar-refractivity contribution in [2.75, 3.05) is 20.8 Å². The van der Waals surface area contributed by atoms with Crippen molar-refractivity contribution in [2.24, 2.45) is 0 Å². The monoisotopic (exact) mass is 342 g/mol. The SMILES string of the molecule is C=C(C)C(=O)OCCCCCCCCCCCCC(C)(OC)OC. The van der Waals surface area contributed by atoms with E-state index in [1.807, 2.05) is 6.92 Å². The molecule has 24 heavy (non-hydrogen) atoms. The summed E-state index contributed by atoms with van der Waals surface area (Å²) in [4.78, 5) is 11.2. The fraction of sp³-hybridized carbons (Fsp3) is 0.850. The maximum Gasteiger partial charge on any atom is 0.333 e. The molecule has 0 atom stereocenters. The molecule has 0 spiro atoms. The molecule has 0 aromatic rings. The number of hydrogen-bond donors (Lipinski definition) is 0. The molecule has 4 nitrogen and oxygen atoms in total. The molecule has 0 aromatic carbocycles. The van der Waals surface area contributed by atoms with E-state index in [0.29, 0.717) is 12.2 Å². The van der Waals surface area contributed by atoms with Crippen molar-refractivity contribution in [3.63, 3.8) is 0 Å². The van der Waals surface area contributed by atoms with E-state index in [0.717, 1.165) is 25.7 Å². The molecule has 0 aliphatic carbocycles. The minimum Gasteiger partial charge on any atom is -0.462 e. The van der Waals surface area contributed by atoms with Crippen LogP contribution in [0.4, 0.5) is 0 Å². The van der Waals surface area contributed by atoms with Gasteiger partial charge in [0, 0.05) is 26.2 Å². The van der Waals surface area contributed by atoms with E-state index in [1.54, 1.807) is 21.1 Å². The zero-order chi connectivity index (χ0) is 18.3. The summed E-state index contributed by atoms with van der Waals surface area (Å²) in [6.45, 7) is 7.75. The Morgan fingerprint density at radius 3 is 1.67 bits per heavy atom. The first-order valence-electron chi connectivity index (χ1n) is 9.38. The lowest BCUT2D eigenvalue weighted by atomic mass is 10.0. The van der Waals surface area contributed by atoms with Gasteiger partial charge in [-0.3, -0.25) is 0 Å². The Labute approximate surface area is 148 Å². The molecule has 0 N–H and O–H groups in total. The fourth-order valence-corrected chi connectivity index (χ4v) is 2.54. The van der Waals surface area contributed by atoms with Crippen LogP contribution >= 0.6 is 0 Å². The van der Waals surface area contributed by atoms with Crippen LogP contribution in [0.15, 0.2) is 12.2 Å². The van der Waals surface area contributed by atoms with E-state index in [2.05, 4.69) is 6.58 Å².